The fraction of sp³-hybridized carbons (Fsp3) is 0.357. The highest BCUT2D eigenvalue weighted by Crippen LogP contribution is 2.27. The molecule has 0 bridgehead atoms. The molecule has 0 saturated carbocycles. The van der Waals surface area contributed by atoms with E-state index in [1.54, 1.807) is 0 Å². The summed E-state index contributed by atoms with van der Waals surface area (Å²) in [6.07, 6.45) is 1.52. The highest BCUT2D eigenvalue weighted by Gasteiger charge is 2.28. The Balaban J connectivity index is 1.97. The van der Waals surface area contributed by atoms with Crippen molar-refractivity contribution in [2.24, 2.45) is 5.92 Å². The van der Waals surface area contributed by atoms with Gasteiger partial charge in [-0.3, -0.25) is 4.79 Å². The van der Waals surface area contributed by atoms with Crippen LogP contribution in [0, 0.1) is 5.92 Å². The SMILES string of the molecule is COC(=O)C1CCc2nnc(-c3cccc(Br)c3)n2C1. The second-order valence-electron chi connectivity index (χ2n) is 4.82. The van der Waals surface area contributed by atoms with Crippen LogP contribution >= 0.6 is 15.9 Å². The third kappa shape index (κ3) is 2.35. The summed E-state index contributed by atoms with van der Waals surface area (Å²) in [5.41, 5.74) is 0.989. The van der Waals surface area contributed by atoms with E-state index in [1.165, 1.54) is 7.11 Å². The number of carbonyl (C=O) groups is 1. The maximum Gasteiger partial charge on any atom is 0.310 e. The van der Waals surface area contributed by atoms with E-state index in [0.29, 0.717) is 6.54 Å². The molecule has 1 aliphatic heterocycles. The number of fused-ring (bicyclic) bond motifs is 1. The molecule has 0 radical (unpaired) electrons. The van der Waals surface area contributed by atoms with Crippen molar-refractivity contribution in [3.8, 4) is 11.4 Å². The Labute approximate surface area is 125 Å². The lowest BCUT2D eigenvalue weighted by Gasteiger charge is -2.22. The van der Waals surface area contributed by atoms with E-state index < -0.39 is 0 Å². The number of nitrogens with zero attached hydrogens (tertiary/aromatic N) is 3. The lowest BCUT2D eigenvalue weighted by Crippen LogP contribution is -2.28. The molecule has 1 aromatic heterocycles. The average Bonchev–Trinajstić information content (AvgIpc) is 2.89. The first-order valence-corrected chi connectivity index (χ1v) is 7.24. The number of hydrogen-bond acceptors (Lipinski definition) is 4. The normalized spacial score (nSPS) is 17.6. The van der Waals surface area contributed by atoms with Crippen molar-refractivity contribution in [1.82, 2.24) is 14.8 Å². The first kappa shape index (κ1) is 13.3. The van der Waals surface area contributed by atoms with E-state index in [-0.39, 0.29) is 11.9 Å². The fourth-order valence-electron chi connectivity index (χ4n) is 2.53. The highest BCUT2D eigenvalue weighted by atomic mass is 79.9. The predicted octanol–water partition coefficient (Wildman–Crippen LogP) is 2.44. The maximum atomic E-state index is 11.7. The Hall–Kier alpha value is -1.69. The summed E-state index contributed by atoms with van der Waals surface area (Å²) >= 11 is 3.46. The summed E-state index contributed by atoms with van der Waals surface area (Å²) in [6, 6.07) is 7.92. The first-order chi connectivity index (χ1) is 9.69. The van der Waals surface area contributed by atoms with Gasteiger partial charge in [0, 0.05) is 23.0 Å². The number of hydrogen-bond donors (Lipinski definition) is 0. The van der Waals surface area contributed by atoms with Crippen molar-refractivity contribution in [2.75, 3.05) is 7.11 Å². The average molecular weight is 336 g/mol. The number of halogens is 1. The van der Waals surface area contributed by atoms with Gasteiger partial charge in [0.1, 0.15) is 5.82 Å². The van der Waals surface area contributed by atoms with Gasteiger partial charge in [-0.15, -0.1) is 10.2 Å². The van der Waals surface area contributed by atoms with Crippen LogP contribution in [-0.4, -0.2) is 27.8 Å². The number of benzene rings is 1. The van der Waals surface area contributed by atoms with Gasteiger partial charge < -0.3 is 9.30 Å². The van der Waals surface area contributed by atoms with Gasteiger partial charge in [-0.25, -0.2) is 0 Å². The molecule has 0 spiro atoms. The molecule has 1 aliphatic rings. The molecule has 104 valence electrons. The van der Waals surface area contributed by atoms with Gasteiger partial charge >= 0.3 is 5.97 Å². The number of ether oxygens (including phenoxy) is 1. The largest absolute Gasteiger partial charge is 0.469 e. The molecule has 0 fully saturated rings. The van der Waals surface area contributed by atoms with Gasteiger partial charge in [0.05, 0.1) is 13.0 Å². The Bertz CT molecular complexity index is 654. The quantitative estimate of drug-likeness (QED) is 0.791. The van der Waals surface area contributed by atoms with Crippen molar-refractivity contribution < 1.29 is 9.53 Å². The summed E-state index contributed by atoms with van der Waals surface area (Å²) in [4.78, 5) is 11.7. The molecule has 3 rings (SSSR count). The van der Waals surface area contributed by atoms with Gasteiger partial charge in [-0.2, -0.15) is 0 Å². The molecule has 0 saturated heterocycles. The Morgan fingerprint density at radius 3 is 3.05 bits per heavy atom. The Morgan fingerprint density at radius 1 is 1.45 bits per heavy atom. The van der Waals surface area contributed by atoms with Crippen LogP contribution in [0.3, 0.4) is 0 Å². The zero-order valence-corrected chi connectivity index (χ0v) is 12.6. The molecule has 6 heteroatoms. The van der Waals surface area contributed by atoms with Crippen molar-refractivity contribution in [2.45, 2.75) is 19.4 Å². The molecule has 2 aromatic rings. The molecule has 1 aromatic carbocycles. The minimum Gasteiger partial charge on any atom is -0.469 e. The van der Waals surface area contributed by atoms with Crippen LogP contribution in [0.5, 0.6) is 0 Å². The van der Waals surface area contributed by atoms with E-state index >= 15 is 0 Å². The second-order valence-corrected chi connectivity index (χ2v) is 5.74. The van der Waals surface area contributed by atoms with Gasteiger partial charge in [0.25, 0.3) is 0 Å². The highest BCUT2D eigenvalue weighted by molar-refractivity contribution is 9.10. The number of aromatic nitrogens is 3. The topological polar surface area (TPSA) is 57.0 Å². The van der Waals surface area contributed by atoms with Crippen molar-refractivity contribution in [3.63, 3.8) is 0 Å². The molecule has 2 heterocycles. The van der Waals surface area contributed by atoms with Crippen molar-refractivity contribution in [3.05, 3.63) is 34.6 Å². The summed E-state index contributed by atoms with van der Waals surface area (Å²) < 4.78 is 7.86. The molecule has 20 heavy (non-hydrogen) atoms. The number of rotatable bonds is 2. The van der Waals surface area contributed by atoms with E-state index in [2.05, 4.69) is 26.1 Å². The van der Waals surface area contributed by atoms with E-state index in [0.717, 1.165) is 34.5 Å². The molecule has 5 nitrogen and oxygen atoms in total. The summed E-state index contributed by atoms with van der Waals surface area (Å²) in [5.74, 6) is 1.45. The summed E-state index contributed by atoms with van der Waals surface area (Å²) in [5, 5.41) is 8.50. The first-order valence-electron chi connectivity index (χ1n) is 6.45. The van der Waals surface area contributed by atoms with Crippen LogP contribution in [0.25, 0.3) is 11.4 Å². The zero-order valence-electron chi connectivity index (χ0n) is 11.0. The fourth-order valence-corrected chi connectivity index (χ4v) is 2.93. The minimum absolute atomic E-state index is 0.116. The van der Waals surface area contributed by atoms with Crippen molar-refractivity contribution >= 4 is 21.9 Å². The standard InChI is InChI=1S/C14H14BrN3O2/c1-20-14(19)10-5-6-12-16-17-13(18(12)8-10)9-3-2-4-11(15)7-9/h2-4,7,10H,5-6,8H2,1H3. The van der Waals surface area contributed by atoms with Crippen LogP contribution in [0.4, 0.5) is 0 Å². The van der Waals surface area contributed by atoms with E-state index in [1.807, 2.05) is 28.8 Å². The van der Waals surface area contributed by atoms with Crippen LogP contribution in [-0.2, 0) is 22.5 Å². The van der Waals surface area contributed by atoms with Gasteiger partial charge in [-0.1, -0.05) is 28.1 Å². The van der Waals surface area contributed by atoms with Gasteiger partial charge in [0.15, 0.2) is 5.82 Å². The molecule has 0 N–H and O–H groups in total. The number of methoxy groups -OCH3 is 1. The van der Waals surface area contributed by atoms with E-state index in [4.69, 9.17) is 4.74 Å². The van der Waals surface area contributed by atoms with Crippen LogP contribution < -0.4 is 0 Å². The molecule has 1 atom stereocenters. The van der Waals surface area contributed by atoms with E-state index in [9.17, 15) is 4.79 Å². The van der Waals surface area contributed by atoms with Gasteiger partial charge in [-0.05, 0) is 18.6 Å². The molecule has 0 amide bonds. The monoisotopic (exact) mass is 335 g/mol. The predicted molar refractivity (Wildman–Crippen MR) is 77.0 cm³/mol. The van der Waals surface area contributed by atoms with Crippen LogP contribution in [0.1, 0.15) is 12.2 Å². The third-order valence-electron chi connectivity index (χ3n) is 3.56. The minimum atomic E-state index is -0.162. The number of esters is 1. The summed E-state index contributed by atoms with van der Waals surface area (Å²) in [6.45, 7) is 0.580. The molecular formula is C14H14BrN3O2. The van der Waals surface area contributed by atoms with Crippen LogP contribution in [0.15, 0.2) is 28.7 Å². The zero-order chi connectivity index (χ0) is 14.1. The lowest BCUT2D eigenvalue weighted by atomic mass is 9.99. The molecule has 0 aliphatic carbocycles. The lowest BCUT2D eigenvalue weighted by molar-refractivity contribution is -0.146. The van der Waals surface area contributed by atoms with Gasteiger partial charge in [0.2, 0.25) is 0 Å². The number of aryl methyl sites for hydroxylation is 1. The number of carbonyl (C=O) groups excluding carboxylic acids is 1. The molecular weight excluding hydrogens is 322 g/mol. The second kappa shape index (κ2) is 5.36. The third-order valence-corrected chi connectivity index (χ3v) is 4.06. The Morgan fingerprint density at radius 2 is 2.30 bits per heavy atom. The molecule has 1 unspecified atom stereocenters. The van der Waals surface area contributed by atoms with Crippen LogP contribution in [0.2, 0.25) is 0 Å². The summed E-state index contributed by atoms with van der Waals surface area (Å²) in [7, 11) is 1.43. The maximum absolute atomic E-state index is 11.7. The van der Waals surface area contributed by atoms with Crippen molar-refractivity contribution in [1.29, 1.82) is 0 Å². The smallest absolute Gasteiger partial charge is 0.310 e. The Kier molecular flexibility index (Phi) is 3.56.